The average Bonchev–Trinajstić information content (AvgIpc) is 3.01. The normalized spacial score (nSPS) is 21.7. The second-order valence-electron chi connectivity index (χ2n) is 10.8. The molecule has 2 aliphatic rings. The summed E-state index contributed by atoms with van der Waals surface area (Å²) in [7, 11) is 0. The maximum atomic E-state index is 14.4. The molecule has 0 bridgehead atoms. The molecule has 2 aromatic carbocycles. The van der Waals surface area contributed by atoms with Gasteiger partial charge in [0.15, 0.2) is 23.7 Å². The summed E-state index contributed by atoms with van der Waals surface area (Å²) in [5.41, 5.74) is -2.42. The number of carbonyl (C=O) groups excluding carboxylic acids is 4. The van der Waals surface area contributed by atoms with Gasteiger partial charge in [0, 0.05) is 33.8 Å². The summed E-state index contributed by atoms with van der Waals surface area (Å²) in [4.78, 5) is 61.3. The van der Waals surface area contributed by atoms with Crippen molar-refractivity contribution >= 4 is 34.8 Å². The molecular formula is C32H29F3O14. The second kappa shape index (κ2) is 14.0. The lowest BCUT2D eigenvalue weighted by Crippen LogP contribution is -2.63. The van der Waals surface area contributed by atoms with Gasteiger partial charge >= 0.3 is 30.1 Å². The van der Waals surface area contributed by atoms with Crippen molar-refractivity contribution in [1.29, 1.82) is 0 Å². The van der Waals surface area contributed by atoms with Gasteiger partial charge in [-0.15, -0.1) is 0 Å². The Kier molecular flexibility index (Phi) is 10.0. The van der Waals surface area contributed by atoms with Gasteiger partial charge in [0.1, 0.15) is 37.3 Å². The van der Waals surface area contributed by atoms with E-state index < -0.39 is 89.7 Å². The molecule has 17 heteroatoms. The van der Waals surface area contributed by atoms with Crippen LogP contribution >= 0.6 is 0 Å². The monoisotopic (exact) mass is 694 g/mol. The molecule has 262 valence electrons. The van der Waals surface area contributed by atoms with Crippen molar-refractivity contribution in [3.05, 3.63) is 52.4 Å². The van der Waals surface area contributed by atoms with Crippen molar-refractivity contribution in [2.24, 2.45) is 0 Å². The van der Waals surface area contributed by atoms with E-state index in [1.54, 1.807) is 0 Å². The first-order valence-electron chi connectivity index (χ1n) is 14.7. The summed E-state index contributed by atoms with van der Waals surface area (Å²) in [6.45, 7) is 4.08. The fourth-order valence-electron chi connectivity index (χ4n) is 5.33. The highest BCUT2D eigenvalue weighted by molar-refractivity contribution is 5.84. The Balaban J connectivity index is 1.57. The van der Waals surface area contributed by atoms with E-state index in [0.717, 1.165) is 39.8 Å². The number of esters is 4. The molecule has 0 aliphatic carbocycles. The fraction of sp³-hybridized carbons (Fsp3) is 0.406. The van der Waals surface area contributed by atoms with Crippen LogP contribution in [0.1, 0.15) is 33.5 Å². The number of carbonyl (C=O) groups is 4. The second-order valence-corrected chi connectivity index (χ2v) is 10.8. The number of hydrogen-bond donors (Lipinski definition) is 0. The first-order chi connectivity index (χ1) is 23.1. The number of benzene rings is 2. The van der Waals surface area contributed by atoms with Gasteiger partial charge in [-0.05, 0) is 29.8 Å². The van der Waals surface area contributed by atoms with E-state index in [1.165, 1.54) is 24.3 Å². The third kappa shape index (κ3) is 7.88. The fourth-order valence-corrected chi connectivity index (χ4v) is 5.33. The summed E-state index contributed by atoms with van der Waals surface area (Å²) in [6, 6.07) is 7.27. The minimum atomic E-state index is -5.12. The lowest BCUT2D eigenvalue weighted by atomic mass is 9.98. The van der Waals surface area contributed by atoms with Crippen LogP contribution in [0.15, 0.2) is 45.6 Å². The van der Waals surface area contributed by atoms with Crippen LogP contribution in [0.4, 0.5) is 13.2 Å². The zero-order valence-electron chi connectivity index (χ0n) is 26.3. The molecular weight excluding hydrogens is 665 g/mol. The standard InChI is InChI=1S/C32H29F3O14/c1-14(36)43-13-24-27(44-15(2)37)28(45-16(3)38)29(46-17(4)39)31(49-24)47-19-6-7-20-22(12-19)48-30(32(33,34)35)25(26(20)40)18-5-8-21-23(11-18)42-10-9-41-21/h5-8,11-12,24,27-29,31H,9-10,13H2,1-4H3/t24-,27-,28+,29-,31-/m1/s1. The zero-order valence-corrected chi connectivity index (χ0v) is 26.3. The number of fused-ring (bicyclic) bond motifs is 2. The van der Waals surface area contributed by atoms with Crippen LogP contribution < -0.4 is 19.6 Å². The highest BCUT2D eigenvalue weighted by atomic mass is 19.4. The average molecular weight is 695 g/mol. The molecule has 2 aliphatic heterocycles. The van der Waals surface area contributed by atoms with Crippen molar-refractivity contribution in [2.75, 3.05) is 19.8 Å². The van der Waals surface area contributed by atoms with E-state index in [-0.39, 0.29) is 35.7 Å². The maximum absolute atomic E-state index is 14.4. The molecule has 49 heavy (non-hydrogen) atoms. The van der Waals surface area contributed by atoms with E-state index in [1.807, 2.05) is 0 Å². The molecule has 3 heterocycles. The van der Waals surface area contributed by atoms with E-state index in [9.17, 15) is 37.1 Å². The molecule has 0 saturated carbocycles. The predicted octanol–water partition coefficient (Wildman–Crippen LogP) is 3.71. The first kappa shape index (κ1) is 35.0. The molecule has 0 amide bonds. The minimum absolute atomic E-state index is 0.120. The molecule has 0 N–H and O–H groups in total. The van der Waals surface area contributed by atoms with Crippen LogP contribution in [-0.4, -0.2) is 74.4 Å². The Bertz CT molecular complexity index is 1830. The van der Waals surface area contributed by atoms with Crippen LogP contribution in [0.25, 0.3) is 22.1 Å². The highest BCUT2D eigenvalue weighted by Crippen LogP contribution is 2.41. The van der Waals surface area contributed by atoms with Crippen LogP contribution in [0, 0.1) is 0 Å². The smallest absolute Gasteiger partial charge is 0.450 e. The molecule has 0 radical (unpaired) electrons. The lowest BCUT2D eigenvalue weighted by molar-refractivity contribution is -0.288. The minimum Gasteiger partial charge on any atom is -0.486 e. The van der Waals surface area contributed by atoms with Gasteiger partial charge in [-0.2, -0.15) is 13.2 Å². The number of halogens is 3. The highest BCUT2D eigenvalue weighted by Gasteiger charge is 2.53. The van der Waals surface area contributed by atoms with Gasteiger partial charge < -0.3 is 42.3 Å². The Morgan fingerprint density at radius 2 is 1.43 bits per heavy atom. The van der Waals surface area contributed by atoms with Gasteiger partial charge in [-0.1, -0.05) is 6.07 Å². The summed E-state index contributed by atoms with van der Waals surface area (Å²) in [5, 5.41) is -0.244. The maximum Gasteiger partial charge on any atom is 0.450 e. The van der Waals surface area contributed by atoms with Crippen LogP contribution in [0.5, 0.6) is 17.2 Å². The van der Waals surface area contributed by atoms with E-state index >= 15 is 0 Å². The third-order valence-electron chi connectivity index (χ3n) is 7.15. The Morgan fingerprint density at radius 1 is 0.796 bits per heavy atom. The van der Waals surface area contributed by atoms with Crippen molar-refractivity contribution in [2.45, 2.75) is 64.6 Å². The van der Waals surface area contributed by atoms with Gasteiger partial charge in [0.2, 0.25) is 23.6 Å². The molecule has 1 aromatic heterocycles. The van der Waals surface area contributed by atoms with Crippen LogP contribution in [0.2, 0.25) is 0 Å². The van der Waals surface area contributed by atoms with E-state index in [0.29, 0.717) is 5.75 Å². The number of alkyl halides is 3. The third-order valence-corrected chi connectivity index (χ3v) is 7.15. The van der Waals surface area contributed by atoms with Crippen molar-refractivity contribution in [3.8, 4) is 28.4 Å². The molecule has 3 aromatic rings. The molecule has 1 fully saturated rings. The van der Waals surface area contributed by atoms with E-state index in [2.05, 4.69) is 0 Å². The van der Waals surface area contributed by atoms with E-state index in [4.69, 9.17) is 42.3 Å². The lowest BCUT2D eigenvalue weighted by Gasteiger charge is -2.43. The molecule has 1 saturated heterocycles. The molecule has 0 unspecified atom stereocenters. The number of rotatable bonds is 8. The Hall–Kier alpha value is -5.32. The Morgan fingerprint density at radius 3 is 2.06 bits per heavy atom. The van der Waals surface area contributed by atoms with Crippen molar-refractivity contribution in [1.82, 2.24) is 0 Å². The van der Waals surface area contributed by atoms with Crippen molar-refractivity contribution < 1.29 is 74.7 Å². The van der Waals surface area contributed by atoms with Gasteiger partial charge in [0.25, 0.3) is 0 Å². The quantitative estimate of drug-likeness (QED) is 0.247. The molecule has 0 spiro atoms. The van der Waals surface area contributed by atoms with Gasteiger partial charge in [-0.3, -0.25) is 24.0 Å². The predicted molar refractivity (Wildman–Crippen MR) is 156 cm³/mol. The number of ether oxygens (including phenoxy) is 8. The molecule has 14 nitrogen and oxygen atoms in total. The summed E-state index contributed by atoms with van der Waals surface area (Å²) in [6.07, 6.45) is -12.8. The first-order valence-corrected chi connectivity index (χ1v) is 14.7. The molecule has 5 rings (SSSR count). The topological polar surface area (TPSA) is 172 Å². The SMILES string of the molecule is CC(=O)OC[C@H]1O[C@@H](Oc2ccc3c(=O)c(-c4ccc5c(c4)OCCO5)c(C(F)(F)F)oc3c2)[C@H](OC(C)=O)[C@@H](OC(C)=O)[C@@H]1OC(C)=O. The van der Waals surface area contributed by atoms with Crippen LogP contribution in [-0.2, 0) is 49.0 Å². The Labute approximate surface area is 274 Å². The van der Waals surface area contributed by atoms with Gasteiger partial charge in [-0.25, -0.2) is 0 Å². The largest absolute Gasteiger partial charge is 0.486 e. The zero-order chi connectivity index (χ0) is 35.6. The summed E-state index contributed by atoms with van der Waals surface area (Å²) < 4.78 is 92.1. The van der Waals surface area contributed by atoms with Crippen LogP contribution in [0.3, 0.4) is 0 Å². The summed E-state index contributed by atoms with van der Waals surface area (Å²) >= 11 is 0. The van der Waals surface area contributed by atoms with Gasteiger partial charge in [0.05, 0.1) is 10.9 Å². The number of hydrogen-bond acceptors (Lipinski definition) is 14. The summed E-state index contributed by atoms with van der Waals surface area (Å²) in [5.74, 6) is -4.74. The van der Waals surface area contributed by atoms with Crippen molar-refractivity contribution in [3.63, 3.8) is 0 Å². The molecule has 5 atom stereocenters.